The number of hydrogen-bond acceptors (Lipinski definition) is 2. The molecule has 0 bridgehead atoms. The lowest BCUT2D eigenvalue weighted by Crippen LogP contribution is -2.14. The molecule has 1 aromatic heterocycles. The van der Waals surface area contributed by atoms with Crippen molar-refractivity contribution in [2.75, 3.05) is 0 Å². The Kier molecular flexibility index (Phi) is 7.18. The van der Waals surface area contributed by atoms with Gasteiger partial charge in [0.25, 0.3) is 0 Å². The Morgan fingerprint density at radius 1 is 0.917 bits per heavy atom. The first-order valence-corrected chi connectivity index (χ1v) is 12.9. The van der Waals surface area contributed by atoms with Crippen molar-refractivity contribution in [3.8, 4) is 11.3 Å². The Bertz CT molecular complexity index is 1390. The normalized spacial score (nSPS) is 14.0. The number of fused-ring (bicyclic) bond motifs is 1. The highest BCUT2D eigenvalue weighted by Gasteiger charge is 2.27. The van der Waals surface area contributed by atoms with Gasteiger partial charge in [-0.05, 0) is 41.5 Å². The molecule has 0 unspecified atom stereocenters. The van der Waals surface area contributed by atoms with Crippen LogP contribution >= 0.6 is 0 Å². The van der Waals surface area contributed by atoms with Crippen LogP contribution in [0.15, 0.2) is 97.6 Å². The third kappa shape index (κ3) is 4.79. The fraction of sp³-hybridized carbons (Fsp3) is 0.242. The van der Waals surface area contributed by atoms with Crippen LogP contribution in [0, 0.1) is 0 Å². The maximum Gasteiger partial charge on any atom is 0.335 e. The van der Waals surface area contributed by atoms with Gasteiger partial charge in [0.15, 0.2) is 0 Å². The summed E-state index contributed by atoms with van der Waals surface area (Å²) in [5.41, 5.74) is 7.35. The molecule has 1 heterocycles. The van der Waals surface area contributed by atoms with Gasteiger partial charge in [-0.3, -0.25) is 0 Å². The van der Waals surface area contributed by atoms with Gasteiger partial charge in [-0.15, -0.1) is 0 Å². The quantitative estimate of drug-likeness (QED) is 0.190. The highest BCUT2D eigenvalue weighted by molar-refractivity contribution is 5.95. The predicted octanol–water partition coefficient (Wildman–Crippen LogP) is 8.30. The molecule has 0 amide bonds. The van der Waals surface area contributed by atoms with Crippen LogP contribution in [-0.4, -0.2) is 10.5 Å². The fourth-order valence-electron chi connectivity index (χ4n) is 5.56. The lowest BCUT2D eigenvalue weighted by molar-refractivity contribution is -0.140. The van der Waals surface area contributed by atoms with Gasteiger partial charge in [0.2, 0.25) is 0 Å². The van der Waals surface area contributed by atoms with Crippen molar-refractivity contribution >= 4 is 22.9 Å². The van der Waals surface area contributed by atoms with Crippen LogP contribution in [0.4, 0.5) is 0 Å². The largest absolute Gasteiger partial charge is 0.457 e. The number of para-hydroxylation sites is 1. The first-order valence-electron chi connectivity index (χ1n) is 12.9. The second-order valence-electron chi connectivity index (χ2n) is 9.66. The summed E-state index contributed by atoms with van der Waals surface area (Å²) in [7, 11) is 0. The Hall–Kier alpha value is -3.85. The molecule has 0 aliphatic heterocycles. The van der Waals surface area contributed by atoms with Gasteiger partial charge < -0.3 is 9.30 Å². The molecule has 4 aromatic rings. The topological polar surface area (TPSA) is 31.2 Å². The van der Waals surface area contributed by atoms with E-state index in [1.54, 1.807) is 0 Å². The van der Waals surface area contributed by atoms with E-state index in [0.29, 0.717) is 18.0 Å². The van der Waals surface area contributed by atoms with Crippen LogP contribution in [0.1, 0.15) is 54.7 Å². The number of carbonyl (C=O) groups excluding carboxylic acids is 1. The van der Waals surface area contributed by atoms with E-state index >= 15 is 0 Å². The summed E-state index contributed by atoms with van der Waals surface area (Å²) >= 11 is 0. The average Bonchev–Trinajstić information content (AvgIpc) is 3.26. The summed E-state index contributed by atoms with van der Waals surface area (Å²) in [6, 6.07) is 26.7. The lowest BCUT2D eigenvalue weighted by atomic mass is 9.81. The third-order valence-electron chi connectivity index (χ3n) is 7.31. The van der Waals surface area contributed by atoms with Gasteiger partial charge >= 0.3 is 5.97 Å². The van der Waals surface area contributed by atoms with Crippen molar-refractivity contribution in [1.82, 2.24) is 4.57 Å². The zero-order valence-electron chi connectivity index (χ0n) is 20.8. The number of nitrogens with zero attached hydrogens (tertiary/aromatic N) is 1. The van der Waals surface area contributed by atoms with E-state index in [9.17, 15) is 4.79 Å². The maximum absolute atomic E-state index is 13.0. The smallest absolute Gasteiger partial charge is 0.335 e. The van der Waals surface area contributed by atoms with E-state index in [1.165, 1.54) is 48.7 Å². The molecule has 1 saturated carbocycles. The molecule has 0 spiro atoms. The number of benzene rings is 3. The van der Waals surface area contributed by atoms with Crippen molar-refractivity contribution < 1.29 is 9.53 Å². The van der Waals surface area contributed by atoms with Crippen LogP contribution in [0.25, 0.3) is 28.2 Å². The number of ether oxygens (including phenoxy) is 1. The monoisotopic (exact) mass is 475 g/mol. The number of hydrogen-bond donors (Lipinski definition) is 0. The van der Waals surface area contributed by atoms with Crippen LogP contribution in [0.2, 0.25) is 0 Å². The van der Waals surface area contributed by atoms with Gasteiger partial charge in [0.05, 0.1) is 12.2 Å². The van der Waals surface area contributed by atoms with Crippen LogP contribution in [0.3, 0.4) is 0 Å². The van der Waals surface area contributed by atoms with Gasteiger partial charge in [-0.2, -0.15) is 0 Å². The predicted molar refractivity (Wildman–Crippen MR) is 149 cm³/mol. The molecule has 1 aliphatic rings. The van der Waals surface area contributed by atoms with Crippen molar-refractivity contribution in [3.63, 3.8) is 0 Å². The molecular weight excluding hydrogens is 442 g/mol. The molecule has 0 radical (unpaired) electrons. The number of esters is 1. The Morgan fingerprint density at radius 3 is 2.39 bits per heavy atom. The highest BCUT2D eigenvalue weighted by atomic mass is 16.5. The number of carbonyl (C=O) groups is 1. The molecule has 3 aromatic carbocycles. The van der Waals surface area contributed by atoms with Crippen LogP contribution < -0.4 is 0 Å². The van der Waals surface area contributed by atoms with Crippen molar-refractivity contribution in [2.45, 2.75) is 51.2 Å². The van der Waals surface area contributed by atoms with Crippen molar-refractivity contribution in [3.05, 3.63) is 114 Å². The van der Waals surface area contributed by atoms with Crippen molar-refractivity contribution in [1.29, 1.82) is 0 Å². The molecule has 0 saturated heterocycles. The second kappa shape index (κ2) is 10.8. The van der Waals surface area contributed by atoms with Crippen LogP contribution in [-0.2, 0) is 22.7 Å². The molecule has 0 atom stereocenters. The van der Waals surface area contributed by atoms with E-state index in [2.05, 4.69) is 60.2 Å². The third-order valence-corrected chi connectivity index (χ3v) is 7.31. The van der Waals surface area contributed by atoms with Gasteiger partial charge in [-0.1, -0.05) is 111 Å². The Balaban J connectivity index is 1.57. The fourth-order valence-corrected chi connectivity index (χ4v) is 5.56. The zero-order valence-corrected chi connectivity index (χ0v) is 20.8. The lowest BCUT2D eigenvalue weighted by Gasteiger charge is -2.24. The summed E-state index contributed by atoms with van der Waals surface area (Å²) < 4.78 is 7.89. The van der Waals surface area contributed by atoms with E-state index in [4.69, 9.17) is 4.74 Å². The molecule has 182 valence electrons. The summed E-state index contributed by atoms with van der Waals surface area (Å²) in [4.78, 5) is 13.0. The SMILES string of the molecule is C=Cc1ccccc1-c1c(C2CCCCC2)c2ccccc2n1CC(=C)C(=O)OCc1ccccc1. The summed E-state index contributed by atoms with van der Waals surface area (Å²) in [5.74, 6) is 0.134. The van der Waals surface area contributed by atoms with Gasteiger partial charge in [0.1, 0.15) is 6.61 Å². The Labute approximate surface area is 213 Å². The summed E-state index contributed by atoms with van der Waals surface area (Å²) in [6.45, 7) is 8.85. The summed E-state index contributed by atoms with van der Waals surface area (Å²) in [5, 5.41) is 1.27. The van der Waals surface area contributed by atoms with E-state index in [0.717, 1.165) is 22.2 Å². The first-order chi connectivity index (χ1) is 17.7. The molecule has 36 heavy (non-hydrogen) atoms. The first kappa shape index (κ1) is 23.9. The minimum Gasteiger partial charge on any atom is -0.457 e. The van der Waals surface area contributed by atoms with Gasteiger partial charge in [-0.25, -0.2) is 4.79 Å². The van der Waals surface area contributed by atoms with E-state index in [-0.39, 0.29) is 12.6 Å². The number of aromatic nitrogens is 1. The average molecular weight is 476 g/mol. The standard InChI is InChI=1S/C33H33NO2/c1-3-26-16-10-11-19-28(26)32-31(27-17-8-5-9-18-27)29-20-12-13-21-30(29)34(32)22-24(2)33(35)36-23-25-14-6-4-7-15-25/h3-4,6-7,10-16,19-21,27H,1-2,5,8-9,17-18,22-23H2. The molecule has 5 rings (SSSR count). The van der Waals surface area contributed by atoms with E-state index < -0.39 is 0 Å². The zero-order chi connectivity index (χ0) is 24.9. The molecule has 3 heteroatoms. The maximum atomic E-state index is 13.0. The van der Waals surface area contributed by atoms with E-state index in [1.807, 2.05) is 42.5 Å². The van der Waals surface area contributed by atoms with Crippen molar-refractivity contribution in [2.24, 2.45) is 0 Å². The molecule has 0 N–H and O–H groups in total. The van der Waals surface area contributed by atoms with Gasteiger partial charge in [0, 0.05) is 22.0 Å². The summed E-state index contributed by atoms with van der Waals surface area (Å²) in [6.07, 6.45) is 8.12. The molecule has 1 fully saturated rings. The molecule has 1 aliphatic carbocycles. The number of rotatable bonds is 8. The second-order valence-corrected chi connectivity index (χ2v) is 9.66. The minimum absolute atomic E-state index is 0.241. The molecule has 3 nitrogen and oxygen atoms in total. The molecular formula is C33H33NO2. The highest BCUT2D eigenvalue weighted by Crippen LogP contribution is 2.45. The van der Waals surface area contributed by atoms with Crippen LogP contribution in [0.5, 0.6) is 0 Å². The Morgan fingerprint density at radius 2 is 1.61 bits per heavy atom. The minimum atomic E-state index is -0.362.